The van der Waals surface area contributed by atoms with Gasteiger partial charge in [0.25, 0.3) is 0 Å². The molecule has 0 fully saturated rings. The highest BCUT2D eigenvalue weighted by atomic mass is 16.4. The van der Waals surface area contributed by atoms with E-state index in [4.69, 9.17) is 5.11 Å². The summed E-state index contributed by atoms with van der Waals surface area (Å²) in [6.07, 6.45) is 5.08. The van der Waals surface area contributed by atoms with Crippen molar-refractivity contribution in [2.24, 2.45) is 0 Å². The zero-order chi connectivity index (χ0) is 15.6. The van der Waals surface area contributed by atoms with E-state index >= 15 is 0 Å². The number of hydrogen-bond acceptors (Lipinski definition) is 4. The van der Waals surface area contributed by atoms with Gasteiger partial charge in [0.2, 0.25) is 0 Å². The number of aliphatic hydroxyl groups is 1. The maximum absolute atomic E-state index is 11.7. The Morgan fingerprint density at radius 1 is 1.48 bits per heavy atom. The number of carbonyl (C=O) groups is 2. The Morgan fingerprint density at radius 3 is 2.86 bits per heavy atom. The highest BCUT2D eigenvalue weighted by Crippen LogP contribution is 2.15. The SMILES string of the molecule is Cc1cc(NC(=O)NCC(C)(O)C(=O)O)cn2ccnc12. The average Bonchev–Trinajstić information content (AvgIpc) is 2.85. The Hall–Kier alpha value is -2.61. The molecular formula is C13H16N4O4. The van der Waals surface area contributed by atoms with E-state index in [1.54, 1.807) is 29.1 Å². The Morgan fingerprint density at radius 2 is 2.19 bits per heavy atom. The molecule has 8 heteroatoms. The maximum Gasteiger partial charge on any atom is 0.337 e. The van der Waals surface area contributed by atoms with Crippen LogP contribution in [0.3, 0.4) is 0 Å². The molecule has 2 rings (SSSR count). The zero-order valence-electron chi connectivity index (χ0n) is 11.6. The van der Waals surface area contributed by atoms with Crippen LogP contribution in [0.1, 0.15) is 12.5 Å². The van der Waals surface area contributed by atoms with Gasteiger partial charge < -0.3 is 25.2 Å². The number of urea groups is 1. The number of aromatic nitrogens is 2. The van der Waals surface area contributed by atoms with Gasteiger partial charge in [0.1, 0.15) is 5.65 Å². The van der Waals surface area contributed by atoms with E-state index in [-0.39, 0.29) is 0 Å². The lowest BCUT2D eigenvalue weighted by atomic mass is 10.1. The molecule has 112 valence electrons. The van der Waals surface area contributed by atoms with Gasteiger partial charge in [0.05, 0.1) is 12.2 Å². The van der Waals surface area contributed by atoms with Gasteiger partial charge in [-0.15, -0.1) is 0 Å². The van der Waals surface area contributed by atoms with E-state index in [0.29, 0.717) is 5.69 Å². The fourth-order valence-corrected chi connectivity index (χ4v) is 1.78. The van der Waals surface area contributed by atoms with Crippen LogP contribution >= 0.6 is 0 Å². The maximum atomic E-state index is 11.7. The van der Waals surface area contributed by atoms with Crippen molar-refractivity contribution in [2.75, 3.05) is 11.9 Å². The molecule has 2 heterocycles. The smallest absolute Gasteiger partial charge is 0.337 e. The second-order valence-electron chi connectivity index (χ2n) is 4.96. The molecule has 21 heavy (non-hydrogen) atoms. The quantitative estimate of drug-likeness (QED) is 0.658. The summed E-state index contributed by atoms with van der Waals surface area (Å²) in [5.74, 6) is -1.40. The number of anilines is 1. The van der Waals surface area contributed by atoms with E-state index in [1.165, 1.54) is 0 Å². The predicted molar refractivity (Wildman–Crippen MR) is 75.2 cm³/mol. The van der Waals surface area contributed by atoms with Crippen molar-refractivity contribution >= 4 is 23.3 Å². The number of imidazole rings is 1. The molecule has 2 aromatic rings. The van der Waals surface area contributed by atoms with Crippen molar-refractivity contribution in [3.63, 3.8) is 0 Å². The third kappa shape index (κ3) is 3.29. The molecular weight excluding hydrogens is 276 g/mol. The largest absolute Gasteiger partial charge is 0.479 e. The number of amides is 2. The topological polar surface area (TPSA) is 116 Å². The predicted octanol–water partition coefficient (Wildman–Crippen LogP) is 0.600. The summed E-state index contributed by atoms with van der Waals surface area (Å²) in [6, 6.07) is 1.15. The van der Waals surface area contributed by atoms with Gasteiger partial charge in [0.15, 0.2) is 5.60 Å². The van der Waals surface area contributed by atoms with Crippen molar-refractivity contribution < 1.29 is 19.8 Å². The molecule has 0 saturated carbocycles. The van der Waals surface area contributed by atoms with Gasteiger partial charge >= 0.3 is 12.0 Å². The minimum Gasteiger partial charge on any atom is -0.479 e. The van der Waals surface area contributed by atoms with Gasteiger partial charge in [-0.1, -0.05) is 0 Å². The first-order valence-corrected chi connectivity index (χ1v) is 6.23. The molecule has 0 bridgehead atoms. The summed E-state index contributed by atoms with van der Waals surface area (Å²) < 4.78 is 1.76. The van der Waals surface area contributed by atoms with Crippen LogP contribution in [0.5, 0.6) is 0 Å². The number of hydrogen-bond donors (Lipinski definition) is 4. The number of nitrogens with zero attached hydrogens (tertiary/aromatic N) is 2. The fraction of sp³-hybridized carbons (Fsp3) is 0.308. The van der Waals surface area contributed by atoms with E-state index in [2.05, 4.69) is 15.6 Å². The molecule has 2 amide bonds. The lowest BCUT2D eigenvalue weighted by Gasteiger charge is -2.18. The highest BCUT2D eigenvalue weighted by molar-refractivity contribution is 5.90. The van der Waals surface area contributed by atoms with Crippen LogP contribution in [0.15, 0.2) is 24.7 Å². The van der Waals surface area contributed by atoms with Gasteiger partial charge in [-0.3, -0.25) is 0 Å². The second-order valence-corrected chi connectivity index (χ2v) is 4.96. The molecule has 4 N–H and O–H groups in total. The molecule has 0 aliphatic rings. The normalized spacial score (nSPS) is 13.7. The summed E-state index contributed by atoms with van der Waals surface area (Å²) in [5, 5.41) is 23.1. The van der Waals surface area contributed by atoms with Crippen LogP contribution in [-0.2, 0) is 4.79 Å². The first-order valence-electron chi connectivity index (χ1n) is 6.23. The Labute approximate surface area is 120 Å². The minimum atomic E-state index is -2.01. The van der Waals surface area contributed by atoms with Gasteiger partial charge in [0, 0.05) is 18.6 Å². The second kappa shape index (κ2) is 5.41. The van der Waals surface area contributed by atoms with Crippen LogP contribution in [0.2, 0.25) is 0 Å². The highest BCUT2D eigenvalue weighted by Gasteiger charge is 2.30. The molecule has 1 atom stereocenters. The molecule has 0 aliphatic carbocycles. The third-order valence-corrected chi connectivity index (χ3v) is 2.98. The number of fused-ring (bicyclic) bond motifs is 1. The van der Waals surface area contributed by atoms with Crippen LogP contribution in [0.25, 0.3) is 5.65 Å². The van der Waals surface area contributed by atoms with Gasteiger partial charge in [-0.2, -0.15) is 0 Å². The minimum absolute atomic E-state index is 0.402. The number of aliphatic carboxylic acids is 1. The lowest BCUT2D eigenvalue weighted by Crippen LogP contribution is -2.47. The van der Waals surface area contributed by atoms with E-state index in [1.807, 2.05) is 6.92 Å². The van der Waals surface area contributed by atoms with E-state index < -0.39 is 24.1 Å². The summed E-state index contributed by atoms with van der Waals surface area (Å²) in [5.41, 5.74) is 0.192. The van der Waals surface area contributed by atoms with Gasteiger partial charge in [-0.05, 0) is 25.5 Å². The molecule has 0 saturated heterocycles. The van der Waals surface area contributed by atoms with Crippen molar-refractivity contribution in [3.05, 3.63) is 30.2 Å². The van der Waals surface area contributed by atoms with Gasteiger partial charge in [-0.25, -0.2) is 14.6 Å². The number of carboxylic acid groups (broad SMARTS) is 1. The summed E-state index contributed by atoms with van der Waals surface area (Å²) >= 11 is 0. The van der Waals surface area contributed by atoms with Crippen molar-refractivity contribution in [1.82, 2.24) is 14.7 Å². The Bertz CT molecular complexity index is 693. The number of nitrogens with one attached hydrogen (secondary N) is 2. The van der Waals surface area contributed by atoms with Crippen molar-refractivity contribution in [1.29, 1.82) is 0 Å². The standard InChI is InChI=1S/C13H16N4O4/c1-8-5-9(6-17-4-3-14-10(8)17)16-12(20)15-7-13(2,21)11(18)19/h3-6,21H,7H2,1-2H3,(H,18,19)(H2,15,16,20). The average molecular weight is 292 g/mol. The van der Waals surface area contributed by atoms with Crippen LogP contribution in [0.4, 0.5) is 10.5 Å². The van der Waals surface area contributed by atoms with Crippen LogP contribution in [0, 0.1) is 6.92 Å². The van der Waals surface area contributed by atoms with Crippen molar-refractivity contribution in [3.8, 4) is 0 Å². The Kier molecular flexibility index (Phi) is 3.81. The molecule has 0 spiro atoms. The molecule has 0 radical (unpaired) electrons. The number of pyridine rings is 1. The lowest BCUT2D eigenvalue weighted by molar-refractivity contribution is -0.155. The molecule has 8 nitrogen and oxygen atoms in total. The van der Waals surface area contributed by atoms with Crippen LogP contribution in [-0.4, -0.2) is 43.7 Å². The molecule has 2 aromatic heterocycles. The van der Waals surface area contributed by atoms with E-state index in [0.717, 1.165) is 18.1 Å². The summed E-state index contributed by atoms with van der Waals surface area (Å²) in [4.78, 5) is 26.6. The third-order valence-electron chi connectivity index (χ3n) is 2.98. The molecule has 0 aliphatic heterocycles. The molecule has 1 unspecified atom stereocenters. The number of carbonyl (C=O) groups excluding carboxylic acids is 1. The Balaban J connectivity index is 2.03. The monoisotopic (exact) mass is 292 g/mol. The fourth-order valence-electron chi connectivity index (χ4n) is 1.78. The zero-order valence-corrected chi connectivity index (χ0v) is 11.6. The number of aryl methyl sites for hydroxylation is 1. The van der Waals surface area contributed by atoms with E-state index in [9.17, 15) is 14.7 Å². The number of rotatable bonds is 4. The number of carboxylic acids is 1. The molecule has 0 aromatic carbocycles. The first kappa shape index (κ1) is 14.8. The summed E-state index contributed by atoms with van der Waals surface area (Å²) in [7, 11) is 0. The first-order chi connectivity index (χ1) is 9.79. The van der Waals surface area contributed by atoms with Crippen LogP contribution < -0.4 is 10.6 Å². The summed E-state index contributed by atoms with van der Waals surface area (Å²) in [6.45, 7) is 2.57. The van der Waals surface area contributed by atoms with Crippen molar-refractivity contribution in [2.45, 2.75) is 19.4 Å².